The lowest BCUT2D eigenvalue weighted by Gasteiger charge is -2.34. The van der Waals surface area contributed by atoms with Crippen LogP contribution in [0.5, 0.6) is 0 Å². The summed E-state index contributed by atoms with van der Waals surface area (Å²) >= 11 is 0. The Morgan fingerprint density at radius 1 is 1.09 bits per heavy atom. The third-order valence-electron chi connectivity index (χ3n) is 7.33. The molecule has 1 aromatic heterocycles. The molecule has 0 radical (unpaired) electrons. The monoisotopic (exact) mass is 462 g/mol. The minimum absolute atomic E-state index is 0.0309. The van der Waals surface area contributed by atoms with Crippen LogP contribution < -0.4 is 4.90 Å². The molecule has 3 aromatic rings. The van der Waals surface area contributed by atoms with E-state index in [1.165, 1.54) is 5.56 Å². The smallest absolute Gasteiger partial charge is 0.412 e. The molecule has 0 spiro atoms. The molecule has 1 saturated heterocycles. The fraction of sp³-hybridized carbons (Fsp3) is 0.481. The van der Waals surface area contributed by atoms with Crippen LogP contribution in [0, 0.1) is 0 Å². The molecule has 0 saturated carbocycles. The first kappa shape index (κ1) is 22.9. The molecule has 3 heterocycles. The van der Waals surface area contributed by atoms with Crippen molar-refractivity contribution in [2.75, 3.05) is 37.7 Å². The molecule has 0 aliphatic carbocycles. The van der Waals surface area contributed by atoms with Crippen molar-refractivity contribution in [3.8, 4) is 0 Å². The van der Waals surface area contributed by atoms with Gasteiger partial charge in [-0.3, -0.25) is 9.80 Å². The van der Waals surface area contributed by atoms with E-state index < -0.39 is 6.09 Å². The maximum absolute atomic E-state index is 12.1. The van der Waals surface area contributed by atoms with Gasteiger partial charge >= 0.3 is 6.09 Å². The molecule has 34 heavy (non-hydrogen) atoms. The fourth-order valence-corrected chi connectivity index (χ4v) is 5.45. The molecule has 1 atom stereocenters. The number of ether oxygens (including phenoxy) is 1. The van der Waals surface area contributed by atoms with Gasteiger partial charge in [0.1, 0.15) is 5.82 Å². The van der Waals surface area contributed by atoms with E-state index >= 15 is 0 Å². The van der Waals surface area contributed by atoms with Gasteiger partial charge in [-0.25, -0.2) is 9.78 Å². The molecule has 1 N–H and O–H groups in total. The van der Waals surface area contributed by atoms with Gasteiger partial charge in [-0.2, -0.15) is 0 Å². The number of rotatable bonds is 7. The second-order valence-corrected chi connectivity index (χ2v) is 9.30. The number of hydrogen-bond acceptors (Lipinski definition) is 4. The number of aromatic nitrogens is 2. The first-order valence-electron chi connectivity index (χ1n) is 12.5. The highest BCUT2D eigenvalue weighted by molar-refractivity contribution is 5.94. The number of nitrogens with zero attached hydrogens (tertiary/aromatic N) is 4. The number of amides is 1. The molecule has 5 rings (SSSR count). The first-order valence-corrected chi connectivity index (χ1v) is 12.5. The molecule has 1 unspecified atom stereocenters. The molecule has 2 aliphatic heterocycles. The quantitative estimate of drug-likeness (QED) is 0.565. The van der Waals surface area contributed by atoms with Crippen LogP contribution in [0.15, 0.2) is 42.5 Å². The van der Waals surface area contributed by atoms with E-state index in [2.05, 4.69) is 46.7 Å². The van der Waals surface area contributed by atoms with E-state index in [1.807, 2.05) is 12.1 Å². The Bertz CT molecular complexity index is 1140. The molecular weight excluding hydrogens is 428 g/mol. The Balaban J connectivity index is 1.50. The van der Waals surface area contributed by atoms with Gasteiger partial charge in [0.25, 0.3) is 0 Å². The van der Waals surface area contributed by atoms with Gasteiger partial charge in [-0.15, -0.1) is 0 Å². The fourth-order valence-electron chi connectivity index (χ4n) is 5.45. The predicted octanol–water partition coefficient (Wildman–Crippen LogP) is 4.36. The third-order valence-corrected chi connectivity index (χ3v) is 7.33. The number of aryl methyl sites for hydroxylation is 3. The average molecular weight is 463 g/mol. The average Bonchev–Trinajstić information content (AvgIpc) is 3.24. The number of benzene rings is 2. The van der Waals surface area contributed by atoms with Crippen LogP contribution in [0.25, 0.3) is 11.0 Å². The summed E-state index contributed by atoms with van der Waals surface area (Å²) in [5.74, 6) is 1.08. The van der Waals surface area contributed by atoms with E-state index in [9.17, 15) is 9.90 Å². The lowest BCUT2D eigenvalue weighted by molar-refractivity contribution is 0.0364. The van der Waals surface area contributed by atoms with Gasteiger partial charge in [0, 0.05) is 44.2 Å². The van der Waals surface area contributed by atoms with Crippen LogP contribution in [0.3, 0.4) is 0 Å². The Labute approximate surface area is 200 Å². The number of carbonyl (C=O) groups is 1. The number of imidazole rings is 1. The molecule has 2 aromatic carbocycles. The SMILES string of the molecule is CCC1CCc2c(ccc3c2nc(CCc2ccccc2)n3CCN2CCOCC2)N1C(=O)O. The summed E-state index contributed by atoms with van der Waals surface area (Å²) < 4.78 is 7.88. The molecule has 7 heteroatoms. The van der Waals surface area contributed by atoms with Gasteiger partial charge in [0.15, 0.2) is 0 Å². The van der Waals surface area contributed by atoms with Gasteiger partial charge in [-0.1, -0.05) is 37.3 Å². The van der Waals surface area contributed by atoms with Crippen molar-refractivity contribution in [2.45, 2.75) is 51.6 Å². The van der Waals surface area contributed by atoms with Crippen LogP contribution in [0.4, 0.5) is 10.5 Å². The van der Waals surface area contributed by atoms with Crippen LogP contribution in [0.1, 0.15) is 36.7 Å². The van der Waals surface area contributed by atoms with Gasteiger partial charge in [0.05, 0.1) is 29.9 Å². The standard InChI is InChI=1S/C27H34N4O3/c1-2-21-9-10-22-23(31(21)27(32)33)11-12-24-26(22)28-25(13-8-20-6-4-3-5-7-20)30(24)15-14-29-16-18-34-19-17-29/h3-7,11-12,21H,2,8-10,13-19H2,1H3,(H,32,33). The summed E-state index contributed by atoms with van der Waals surface area (Å²) in [5.41, 5.74) is 5.29. The summed E-state index contributed by atoms with van der Waals surface area (Å²) in [4.78, 5) is 21.3. The highest BCUT2D eigenvalue weighted by Crippen LogP contribution is 2.37. The van der Waals surface area contributed by atoms with E-state index in [1.54, 1.807) is 4.90 Å². The number of carboxylic acid groups (broad SMARTS) is 1. The Morgan fingerprint density at radius 3 is 2.62 bits per heavy atom. The van der Waals surface area contributed by atoms with Crippen molar-refractivity contribution in [1.82, 2.24) is 14.5 Å². The summed E-state index contributed by atoms with van der Waals surface area (Å²) in [6.45, 7) is 7.42. The Kier molecular flexibility index (Phi) is 6.83. The summed E-state index contributed by atoms with van der Waals surface area (Å²) in [5, 5.41) is 9.94. The number of morpholine rings is 1. The van der Waals surface area contributed by atoms with Crippen molar-refractivity contribution in [2.24, 2.45) is 0 Å². The molecule has 1 fully saturated rings. The van der Waals surface area contributed by atoms with Gasteiger partial charge < -0.3 is 14.4 Å². The molecule has 1 amide bonds. The zero-order valence-electron chi connectivity index (χ0n) is 19.9. The second kappa shape index (κ2) is 10.2. The van der Waals surface area contributed by atoms with Crippen molar-refractivity contribution in [3.05, 3.63) is 59.4 Å². The lowest BCUT2D eigenvalue weighted by Crippen LogP contribution is -2.42. The topological polar surface area (TPSA) is 70.8 Å². The summed E-state index contributed by atoms with van der Waals surface area (Å²) in [7, 11) is 0. The minimum Gasteiger partial charge on any atom is -0.465 e. The van der Waals surface area contributed by atoms with Gasteiger partial charge in [-0.05, 0) is 43.4 Å². The van der Waals surface area contributed by atoms with E-state index in [-0.39, 0.29) is 6.04 Å². The van der Waals surface area contributed by atoms with Crippen molar-refractivity contribution >= 4 is 22.8 Å². The van der Waals surface area contributed by atoms with Crippen molar-refractivity contribution in [3.63, 3.8) is 0 Å². The lowest BCUT2D eigenvalue weighted by atomic mass is 9.93. The van der Waals surface area contributed by atoms with Gasteiger partial charge in [0.2, 0.25) is 0 Å². The van der Waals surface area contributed by atoms with E-state index in [0.717, 1.165) is 99.6 Å². The molecule has 0 bridgehead atoms. The zero-order chi connectivity index (χ0) is 23.5. The summed E-state index contributed by atoms with van der Waals surface area (Å²) in [6, 6.07) is 14.7. The molecule has 2 aliphatic rings. The Morgan fingerprint density at radius 2 is 1.88 bits per heavy atom. The number of hydrogen-bond donors (Lipinski definition) is 1. The van der Waals surface area contributed by atoms with E-state index in [0.29, 0.717) is 0 Å². The zero-order valence-corrected chi connectivity index (χ0v) is 19.9. The normalized spacial score (nSPS) is 18.9. The maximum Gasteiger partial charge on any atom is 0.412 e. The third kappa shape index (κ3) is 4.55. The number of fused-ring (bicyclic) bond motifs is 3. The first-order chi connectivity index (χ1) is 16.7. The maximum atomic E-state index is 12.1. The Hall–Kier alpha value is -2.90. The van der Waals surface area contributed by atoms with E-state index in [4.69, 9.17) is 9.72 Å². The van der Waals surface area contributed by atoms with Crippen LogP contribution >= 0.6 is 0 Å². The largest absolute Gasteiger partial charge is 0.465 e. The van der Waals surface area contributed by atoms with Crippen LogP contribution in [0.2, 0.25) is 0 Å². The van der Waals surface area contributed by atoms with Crippen molar-refractivity contribution < 1.29 is 14.6 Å². The highest BCUT2D eigenvalue weighted by Gasteiger charge is 2.32. The molecular formula is C27H34N4O3. The van der Waals surface area contributed by atoms with Crippen LogP contribution in [-0.4, -0.2) is 64.5 Å². The van der Waals surface area contributed by atoms with Crippen LogP contribution in [-0.2, 0) is 30.5 Å². The number of anilines is 1. The molecule has 7 nitrogen and oxygen atoms in total. The van der Waals surface area contributed by atoms with Crippen molar-refractivity contribution in [1.29, 1.82) is 0 Å². The highest BCUT2D eigenvalue weighted by atomic mass is 16.5. The predicted molar refractivity (Wildman–Crippen MR) is 134 cm³/mol. The summed E-state index contributed by atoms with van der Waals surface area (Å²) in [6.07, 6.45) is 3.45. The second-order valence-electron chi connectivity index (χ2n) is 9.30. The minimum atomic E-state index is -0.872. The molecule has 180 valence electrons.